The van der Waals surface area contributed by atoms with Crippen LogP contribution >= 0.6 is 0 Å². The number of hydrogen-bond acceptors (Lipinski definition) is 6. The van der Waals surface area contributed by atoms with Crippen molar-refractivity contribution in [2.24, 2.45) is 0 Å². The number of nitrogens with one attached hydrogen (secondary N) is 1. The average Bonchev–Trinajstić information content (AvgIpc) is 2.97. The first-order valence-corrected chi connectivity index (χ1v) is 11.9. The lowest BCUT2D eigenvalue weighted by atomic mass is 9.72. The minimum Gasteiger partial charge on any atom is -0.508 e. The maximum atomic E-state index is 11.1. The highest BCUT2D eigenvalue weighted by atomic mass is 32.2. The van der Waals surface area contributed by atoms with Gasteiger partial charge in [-0.2, -0.15) is 0 Å². The largest absolute Gasteiger partial charge is 0.508 e. The van der Waals surface area contributed by atoms with Gasteiger partial charge in [0, 0.05) is 12.5 Å². The Bertz CT molecular complexity index is 1010. The summed E-state index contributed by atoms with van der Waals surface area (Å²) in [6.45, 7) is 0.835. The monoisotopic (exact) mass is 446 g/mol. The number of rotatable bonds is 4. The van der Waals surface area contributed by atoms with E-state index in [1.807, 2.05) is 31.0 Å². The number of phenols is 1. The summed E-state index contributed by atoms with van der Waals surface area (Å²) in [6.07, 6.45) is 5.21. The first-order chi connectivity index (χ1) is 14.6. The van der Waals surface area contributed by atoms with E-state index in [0.29, 0.717) is 0 Å². The fraction of sp³-hybridized carbons (Fsp3) is 0.435. The number of benzene rings is 2. The van der Waals surface area contributed by atoms with Crippen molar-refractivity contribution < 1.29 is 23.4 Å². The third-order valence-corrected chi connectivity index (χ3v) is 7.25. The van der Waals surface area contributed by atoms with Gasteiger partial charge in [-0.05, 0) is 56.8 Å². The van der Waals surface area contributed by atoms with E-state index in [1.54, 1.807) is 24.3 Å². The Hall–Kier alpha value is -2.42. The van der Waals surface area contributed by atoms with Gasteiger partial charge in [-0.1, -0.05) is 43.5 Å². The third-order valence-electron chi connectivity index (χ3n) is 5.86. The number of amides is 1. The number of nitrogens with zero attached hydrogens (tertiary/aromatic N) is 1. The summed E-state index contributed by atoms with van der Waals surface area (Å²) in [5, 5.41) is 20.4. The van der Waals surface area contributed by atoms with Gasteiger partial charge in [0.1, 0.15) is 10.6 Å². The van der Waals surface area contributed by atoms with E-state index in [0.717, 1.165) is 37.8 Å². The Labute approximate surface area is 183 Å². The molecule has 1 fully saturated rings. The van der Waals surface area contributed by atoms with Gasteiger partial charge in [0.15, 0.2) is 0 Å². The van der Waals surface area contributed by atoms with Gasteiger partial charge in [-0.25, -0.2) is 13.1 Å². The number of hydrogen-bond donors (Lipinski definition) is 3. The number of phenolic OH excluding ortho intramolecular Hbond substituents is 1. The van der Waals surface area contributed by atoms with Crippen LogP contribution in [0.4, 0.5) is 0 Å². The molecule has 0 bridgehead atoms. The summed E-state index contributed by atoms with van der Waals surface area (Å²) in [7, 11) is 0.528. The van der Waals surface area contributed by atoms with Gasteiger partial charge in [0.2, 0.25) is 0 Å². The van der Waals surface area contributed by atoms with Crippen LogP contribution in [0.5, 0.6) is 5.75 Å². The molecule has 1 atom stereocenters. The van der Waals surface area contributed by atoms with Crippen molar-refractivity contribution >= 4 is 15.9 Å². The predicted molar refractivity (Wildman–Crippen MR) is 119 cm³/mol. The molecule has 0 unspecified atom stereocenters. The molecule has 1 saturated carbocycles. The maximum Gasteiger partial charge on any atom is 0.266 e. The molecule has 3 N–H and O–H groups in total. The Morgan fingerprint density at radius 3 is 2.23 bits per heavy atom. The first-order valence-electron chi connectivity index (χ1n) is 10.4. The second-order valence-corrected chi connectivity index (χ2v) is 10.2. The number of sulfonamides is 1. The Balaban J connectivity index is 0.000000194. The van der Waals surface area contributed by atoms with E-state index in [-0.39, 0.29) is 22.1 Å². The van der Waals surface area contributed by atoms with Crippen molar-refractivity contribution in [1.82, 2.24) is 9.62 Å². The molecule has 1 aliphatic carbocycles. The van der Waals surface area contributed by atoms with Crippen LogP contribution in [-0.4, -0.2) is 55.7 Å². The van der Waals surface area contributed by atoms with Crippen LogP contribution in [0.25, 0.3) is 0 Å². The summed E-state index contributed by atoms with van der Waals surface area (Å²) < 4.78 is 24.2. The zero-order chi connectivity index (χ0) is 22.6. The van der Waals surface area contributed by atoms with Crippen molar-refractivity contribution in [3.05, 3.63) is 59.7 Å². The molecule has 31 heavy (non-hydrogen) atoms. The van der Waals surface area contributed by atoms with Gasteiger partial charge in [0.25, 0.3) is 15.9 Å². The third kappa shape index (κ3) is 5.44. The lowest BCUT2D eigenvalue weighted by Gasteiger charge is -2.40. The lowest BCUT2D eigenvalue weighted by Crippen LogP contribution is -2.42. The number of carbonyl (C=O) groups excluding carboxylic acids is 1. The molecule has 1 amide bonds. The van der Waals surface area contributed by atoms with E-state index in [4.69, 9.17) is 0 Å². The quantitative estimate of drug-likeness (QED) is 0.667. The molecular formula is C23H30N2O5S. The summed E-state index contributed by atoms with van der Waals surface area (Å²) in [6, 6.07) is 13.4. The molecule has 168 valence electrons. The van der Waals surface area contributed by atoms with E-state index in [2.05, 4.69) is 4.90 Å². The topological polar surface area (TPSA) is 107 Å². The Morgan fingerprint density at radius 2 is 1.65 bits per heavy atom. The molecule has 8 heteroatoms. The molecular weight excluding hydrogens is 416 g/mol. The van der Waals surface area contributed by atoms with E-state index >= 15 is 0 Å². The van der Waals surface area contributed by atoms with Crippen LogP contribution < -0.4 is 4.72 Å². The van der Waals surface area contributed by atoms with Crippen molar-refractivity contribution in [2.45, 2.75) is 48.5 Å². The van der Waals surface area contributed by atoms with Crippen LogP contribution in [0.1, 0.15) is 53.9 Å². The van der Waals surface area contributed by atoms with E-state index < -0.39 is 21.5 Å². The molecule has 0 radical (unpaired) electrons. The van der Waals surface area contributed by atoms with E-state index in [1.165, 1.54) is 18.6 Å². The number of aromatic hydroxyl groups is 1. The van der Waals surface area contributed by atoms with Crippen molar-refractivity contribution in [2.75, 3.05) is 20.6 Å². The zero-order valence-corrected chi connectivity index (χ0v) is 18.7. The molecule has 2 aromatic carbocycles. The Kier molecular flexibility index (Phi) is 7.03. The van der Waals surface area contributed by atoms with Crippen LogP contribution in [0.2, 0.25) is 0 Å². The number of fused-ring (bicyclic) bond motifs is 1. The van der Waals surface area contributed by atoms with Crippen LogP contribution in [-0.2, 0) is 10.0 Å². The molecule has 1 heterocycles. The highest BCUT2D eigenvalue weighted by molar-refractivity contribution is 7.90. The molecule has 2 aromatic rings. The Morgan fingerprint density at radius 1 is 1.03 bits per heavy atom. The lowest BCUT2D eigenvalue weighted by molar-refractivity contribution is -0.0277. The van der Waals surface area contributed by atoms with Crippen molar-refractivity contribution in [3.63, 3.8) is 0 Å². The summed E-state index contributed by atoms with van der Waals surface area (Å²) >= 11 is 0. The van der Waals surface area contributed by atoms with E-state index in [9.17, 15) is 23.4 Å². The summed E-state index contributed by atoms with van der Waals surface area (Å²) in [5.41, 5.74) is 0.743. The molecule has 7 nitrogen and oxygen atoms in total. The highest BCUT2D eigenvalue weighted by Gasteiger charge is 2.38. The number of aliphatic hydroxyl groups is 1. The number of carbonyl (C=O) groups is 1. The highest BCUT2D eigenvalue weighted by Crippen LogP contribution is 2.40. The average molecular weight is 447 g/mol. The van der Waals surface area contributed by atoms with Crippen molar-refractivity contribution in [1.29, 1.82) is 0 Å². The first kappa shape index (κ1) is 23.2. The van der Waals surface area contributed by atoms with Gasteiger partial charge in [-0.3, -0.25) is 4.79 Å². The molecule has 0 aromatic heterocycles. The molecule has 1 aliphatic heterocycles. The SMILES string of the molecule is CN(C)C[C@H](c1ccc(O)cc1)C1(O)CCCCC1.O=C1NS(=O)(=O)c2ccccc21. The van der Waals surface area contributed by atoms with Gasteiger partial charge < -0.3 is 15.1 Å². The van der Waals surface area contributed by atoms with Gasteiger partial charge in [-0.15, -0.1) is 0 Å². The fourth-order valence-corrected chi connectivity index (χ4v) is 5.46. The summed E-state index contributed by atoms with van der Waals surface area (Å²) in [4.78, 5) is 13.2. The molecule has 0 saturated heterocycles. The van der Waals surface area contributed by atoms with Crippen LogP contribution in [0, 0.1) is 0 Å². The predicted octanol–water partition coefficient (Wildman–Crippen LogP) is 2.85. The maximum absolute atomic E-state index is 11.1. The van der Waals surface area contributed by atoms with Crippen LogP contribution in [0.15, 0.2) is 53.4 Å². The second-order valence-electron chi connectivity index (χ2n) is 8.50. The molecule has 0 spiro atoms. The summed E-state index contributed by atoms with van der Waals surface area (Å²) in [5.74, 6) is -0.156. The standard InChI is InChI=1S/C16H25NO2.C7H5NO3S/c1-17(2)12-15(13-6-8-14(18)9-7-13)16(19)10-4-3-5-11-16;9-7-5-3-1-2-4-6(5)12(10,11)8-7/h6-9,15,18-19H,3-5,10-12H2,1-2H3;1-4H,(H,8,9)/t15-;/m1./s1. The van der Waals surface area contributed by atoms with Crippen LogP contribution in [0.3, 0.4) is 0 Å². The fourth-order valence-electron chi connectivity index (χ4n) is 4.29. The zero-order valence-electron chi connectivity index (χ0n) is 17.9. The molecule has 2 aliphatic rings. The normalized spacial score (nSPS) is 19.7. The molecule has 4 rings (SSSR count). The van der Waals surface area contributed by atoms with Gasteiger partial charge in [0.05, 0.1) is 11.2 Å². The minimum atomic E-state index is -3.55. The second kappa shape index (κ2) is 9.38. The van der Waals surface area contributed by atoms with Gasteiger partial charge >= 0.3 is 0 Å². The minimum absolute atomic E-state index is 0.0648. The van der Waals surface area contributed by atoms with Crippen molar-refractivity contribution in [3.8, 4) is 5.75 Å². The number of likely N-dealkylation sites (N-methyl/N-ethyl adjacent to an activating group) is 1. The smallest absolute Gasteiger partial charge is 0.266 e.